The summed E-state index contributed by atoms with van der Waals surface area (Å²) in [4.78, 5) is 23.9. The van der Waals surface area contributed by atoms with Gasteiger partial charge in [-0.15, -0.1) is 0 Å². The quantitative estimate of drug-likeness (QED) is 0.389. The van der Waals surface area contributed by atoms with E-state index in [9.17, 15) is 4.79 Å². The molecule has 4 aromatic rings. The monoisotopic (exact) mass is 524 g/mol. The van der Waals surface area contributed by atoms with E-state index in [1.807, 2.05) is 35.4 Å². The number of amides is 1. The van der Waals surface area contributed by atoms with Crippen molar-refractivity contribution in [3.8, 4) is 0 Å². The van der Waals surface area contributed by atoms with Crippen molar-refractivity contribution in [3.63, 3.8) is 0 Å². The molecule has 3 aromatic heterocycles. The van der Waals surface area contributed by atoms with E-state index in [2.05, 4.69) is 37.4 Å². The van der Waals surface area contributed by atoms with E-state index in [0.717, 1.165) is 40.0 Å². The van der Waals surface area contributed by atoms with Crippen molar-refractivity contribution in [1.82, 2.24) is 24.5 Å². The van der Waals surface area contributed by atoms with Gasteiger partial charge in [0.15, 0.2) is 5.65 Å². The molecule has 1 amide bonds. The summed E-state index contributed by atoms with van der Waals surface area (Å²) < 4.78 is 2.65. The molecule has 7 nitrogen and oxygen atoms in total. The lowest BCUT2D eigenvalue weighted by Crippen LogP contribution is -2.38. The summed E-state index contributed by atoms with van der Waals surface area (Å²) in [6.07, 6.45) is 7.04. The largest absolute Gasteiger partial charge is 0.366 e. The predicted octanol–water partition coefficient (Wildman–Crippen LogP) is 5.17. The fraction of sp³-hybridized carbons (Fsp3) is 0.250. The van der Waals surface area contributed by atoms with Gasteiger partial charge in [-0.1, -0.05) is 29.8 Å². The Hall–Kier alpha value is -2.97. The number of rotatable bonds is 5. The van der Waals surface area contributed by atoms with Crippen molar-refractivity contribution in [1.29, 1.82) is 0 Å². The molecule has 168 valence electrons. The number of pyridine rings is 1. The molecule has 0 unspecified atom stereocenters. The van der Waals surface area contributed by atoms with Crippen LogP contribution in [0.25, 0.3) is 5.65 Å². The van der Waals surface area contributed by atoms with Gasteiger partial charge in [0, 0.05) is 49.7 Å². The Morgan fingerprint density at radius 3 is 2.73 bits per heavy atom. The molecule has 0 atom stereocenters. The molecule has 0 spiro atoms. The number of nitrogens with one attached hydrogen (secondary N) is 1. The molecule has 1 N–H and O–H groups in total. The summed E-state index contributed by atoms with van der Waals surface area (Å²) in [5, 5.41) is 8.42. The van der Waals surface area contributed by atoms with E-state index in [-0.39, 0.29) is 11.8 Å². The smallest absolute Gasteiger partial charge is 0.255 e. The van der Waals surface area contributed by atoms with Crippen LogP contribution in [0.4, 0.5) is 5.82 Å². The second-order valence-corrected chi connectivity index (χ2v) is 9.32. The highest BCUT2D eigenvalue weighted by Crippen LogP contribution is 2.31. The van der Waals surface area contributed by atoms with Gasteiger partial charge >= 0.3 is 0 Å². The number of aromatic nitrogens is 4. The zero-order valence-corrected chi connectivity index (χ0v) is 20.1. The number of fused-ring (bicyclic) bond motifs is 1. The molecule has 33 heavy (non-hydrogen) atoms. The van der Waals surface area contributed by atoms with Crippen molar-refractivity contribution in [2.45, 2.75) is 25.3 Å². The molecule has 1 saturated heterocycles. The fourth-order valence-electron chi connectivity index (χ4n) is 4.17. The zero-order chi connectivity index (χ0) is 22.8. The maximum absolute atomic E-state index is 12.9. The molecule has 5 rings (SSSR count). The van der Waals surface area contributed by atoms with E-state index >= 15 is 0 Å². The standard InChI is InChI=1S/C24H22BrClN6O/c25-19-15-29-32-22(28-14-16-4-3-9-27-13-16)12-21(30-23(19)32)17-7-10-31(11-8-17)24(33)18-5-1-2-6-20(18)26/h1-6,9,12-13,15,17,28H,7-8,10-11,14H2. The lowest BCUT2D eigenvalue weighted by molar-refractivity contribution is 0.0712. The highest BCUT2D eigenvalue weighted by molar-refractivity contribution is 9.10. The van der Waals surface area contributed by atoms with Crippen LogP contribution in [0.2, 0.25) is 5.02 Å². The van der Waals surface area contributed by atoms with Gasteiger partial charge in [-0.3, -0.25) is 9.78 Å². The molecule has 9 heteroatoms. The molecule has 1 aliphatic heterocycles. The number of hydrogen-bond acceptors (Lipinski definition) is 5. The van der Waals surface area contributed by atoms with Gasteiger partial charge in [-0.25, -0.2) is 4.98 Å². The first-order chi connectivity index (χ1) is 16.1. The van der Waals surface area contributed by atoms with E-state index < -0.39 is 0 Å². The first kappa shape index (κ1) is 21.9. The van der Waals surface area contributed by atoms with Crippen molar-refractivity contribution < 1.29 is 4.79 Å². The lowest BCUT2D eigenvalue weighted by Gasteiger charge is -2.32. The number of carbonyl (C=O) groups is 1. The van der Waals surface area contributed by atoms with Crippen LogP contribution in [0.3, 0.4) is 0 Å². The summed E-state index contributed by atoms with van der Waals surface area (Å²) in [6, 6.07) is 13.2. The number of hydrogen-bond donors (Lipinski definition) is 1. The third kappa shape index (κ3) is 4.58. The van der Waals surface area contributed by atoms with Crippen LogP contribution >= 0.6 is 27.5 Å². The molecular formula is C24H22BrClN6O. The molecule has 0 aliphatic carbocycles. The maximum atomic E-state index is 12.9. The van der Waals surface area contributed by atoms with Crippen molar-refractivity contribution in [2.24, 2.45) is 0 Å². The summed E-state index contributed by atoms with van der Waals surface area (Å²) in [5.74, 6) is 1.12. The first-order valence-electron chi connectivity index (χ1n) is 10.8. The second-order valence-electron chi connectivity index (χ2n) is 8.06. The second kappa shape index (κ2) is 9.49. The van der Waals surface area contributed by atoms with E-state index in [4.69, 9.17) is 16.6 Å². The van der Waals surface area contributed by atoms with Crippen LogP contribution in [-0.4, -0.2) is 43.5 Å². The van der Waals surface area contributed by atoms with Gasteiger partial charge in [0.25, 0.3) is 5.91 Å². The minimum Gasteiger partial charge on any atom is -0.366 e. The molecule has 4 heterocycles. The predicted molar refractivity (Wildman–Crippen MR) is 132 cm³/mol. The zero-order valence-electron chi connectivity index (χ0n) is 17.8. The number of piperidine rings is 1. The van der Waals surface area contributed by atoms with Crippen molar-refractivity contribution in [2.75, 3.05) is 18.4 Å². The summed E-state index contributed by atoms with van der Waals surface area (Å²) in [6.45, 7) is 1.97. The minimum absolute atomic E-state index is 0.0141. The number of benzene rings is 1. The van der Waals surface area contributed by atoms with Gasteiger partial charge in [0.1, 0.15) is 5.82 Å². The topological polar surface area (TPSA) is 75.4 Å². The minimum atomic E-state index is -0.0141. The Bertz CT molecular complexity index is 1290. The summed E-state index contributed by atoms with van der Waals surface area (Å²) in [5.41, 5.74) is 3.42. The Labute approximate surface area is 204 Å². The summed E-state index contributed by atoms with van der Waals surface area (Å²) >= 11 is 9.80. The van der Waals surface area contributed by atoms with Gasteiger partial charge < -0.3 is 10.2 Å². The number of nitrogens with zero attached hydrogens (tertiary/aromatic N) is 5. The molecule has 1 aliphatic rings. The van der Waals surface area contributed by atoms with Gasteiger partial charge in [0.05, 0.1) is 21.3 Å². The van der Waals surface area contributed by atoms with Crippen molar-refractivity contribution >= 4 is 44.9 Å². The molecule has 1 fully saturated rings. The summed E-state index contributed by atoms with van der Waals surface area (Å²) in [7, 11) is 0. The SMILES string of the molecule is O=C(c1ccccc1Cl)N1CCC(c2cc(NCc3cccnc3)n3ncc(Br)c3n2)CC1. The van der Waals surface area contributed by atoms with Gasteiger partial charge in [0.2, 0.25) is 0 Å². The molecule has 0 bridgehead atoms. The van der Waals surface area contributed by atoms with Crippen LogP contribution < -0.4 is 5.32 Å². The van der Waals surface area contributed by atoms with Crippen LogP contribution in [-0.2, 0) is 6.54 Å². The average Bonchev–Trinajstić information content (AvgIpc) is 3.24. The van der Waals surface area contributed by atoms with Crippen LogP contribution in [0, 0.1) is 0 Å². The number of likely N-dealkylation sites (tertiary alicyclic amines) is 1. The van der Waals surface area contributed by atoms with Crippen LogP contribution in [0.15, 0.2) is 65.5 Å². The third-order valence-corrected chi connectivity index (χ3v) is 6.84. The third-order valence-electron chi connectivity index (χ3n) is 5.95. The van der Waals surface area contributed by atoms with Gasteiger partial charge in [-0.2, -0.15) is 9.61 Å². The fourth-order valence-corrected chi connectivity index (χ4v) is 4.73. The molecule has 0 radical (unpaired) electrons. The Balaban J connectivity index is 1.34. The Kier molecular flexibility index (Phi) is 6.28. The highest BCUT2D eigenvalue weighted by Gasteiger charge is 2.27. The number of halogens is 2. The van der Waals surface area contributed by atoms with E-state index in [0.29, 0.717) is 30.2 Å². The molecule has 0 saturated carbocycles. The Morgan fingerprint density at radius 2 is 1.97 bits per heavy atom. The van der Waals surface area contributed by atoms with E-state index in [1.54, 1.807) is 29.0 Å². The van der Waals surface area contributed by atoms with Crippen LogP contribution in [0.5, 0.6) is 0 Å². The normalized spacial score (nSPS) is 14.5. The average molecular weight is 526 g/mol. The maximum Gasteiger partial charge on any atom is 0.255 e. The van der Waals surface area contributed by atoms with Gasteiger partial charge in [-0.05, 0) is 52.5 Å². The highest BCUT2D eigenvalue weighted by atomic mass is 79.9. The first-order valence-corrected chi connectivity index (χ1v) is 12.0. The van der Waals surface area contributed by atoms with Crippen molar-refractivity contribution in [3.05, 3.63) is 87.4 Å². The van der Waals surface area contributed by atoms with Crippen LogP contribution in [0.1, 0.15) is 40.4 Å². The lowest BCUT2D eigenvalue weighted by atomic mass is 9.92. The Morgan fingerprint density at radius 1 is 1.15 bits per heavy atom. The number of carbonyl (C=O) groups excluding carboxylic acids is 1. The molecular weight excluding hydrogens is 504 g/mol. The van der Waals surface area contributed by atoms with E-state index in [1.165, 1.54) is 0 Å². The number of anilines is 1. The molecule has 1 aromatic carbocycles.